The molecule has 0 spiro atoms. The van der Waals surface area contributed by atoms with Crippen molar-refractivity contribution >= 4 is 17.3 Å². The lowest BCUT2D eigenvalue weighted by atomic mass is 10.1. The molecule has 1 aromatic carbocycles. The van der Waals surface area contributed by atoms with E-state index in [-0.39, 0.29) is 18.1 Å². The zero-order chi connectivity index (χ0) is 12.5. The van der Waals surface area contributed by atoms with Gasteiger partial charge in [-0.25, -0.2) is 0 Å². The van der Waals surface area contributed by atoms with Gasteiger partial charge in [0.2, 0.25) is 0 Å². The third-order valence-electron chi connectivity index (χ3n) is 3.10. The fourth-order valence-corrected chi connectivity index (χ4v) is 1.72. The molecule has 1 fully saturated rings. The summed E-state index contributed by atoms with van der Waals surface area (Å²) in [5.41, 5.74) is 7.49. The van der Waals surface area contributed by atoms with Crippen molar-refractivity contribution < 1.29 is 9.90 Å². The minimum Gasteiger partial charge on any atom is -0.397 e. The van der Waals surface area contributed by atoms with Gasteiger partial charge in [0.1, 0.15) is 0 Å². The topological polar surface area (TPSA) is 87.4 Å². The molecule has 0 atom stereocenters. The van der Waals surface area contributed by atoms with E-state index in [0.29, 0.717) is 11.3 Å². The smallest absolute Gasteiger partial charge is 0.251 e. The van der Waals surface area contributed by atoms with E-state index in [0.717, 1.165) is 18.5 Å². The Balaban J connectivity index is 2.17. The summed E-state index contributed by atoms with van der Waals surface area (Å²) in [6.07, 6.45) is 1.89. The molecular weight excluding hydrogens is 218 g/mol. The van der Waals surface area contributed by atoms with Crippen LogP contribution in [0.3, 0.4) is 0 Å². The van der Waals surface area contributed by atoms with Crippen LogP contribution in [-0.2, 0) is 0 Å². The summed E-state index contributed by atoms with van der Waals surface area (Å²) in [6.45, 7) is 0.101. The summed E-state index contributed by atoms with van der Waals surface area (Å²) in [7, 11) is 1.58. The molecule has 0 heterocycles. The average molecular weight is 235 g/mol. The Labute approximate surface area is 100 Å². The Morgan fingerprint density at radius 2 is 2.24 bits per heavy atom. The average Bonchev–Trinajstić information content (AvgIpc) is 3.11. The van der Waals surface area contributed by atoms with Crippen molar-refractivity contribution in [3.05, 3.63) is 23.8 Å². The van der Waals surface area contributed by atoms with Crippen molar-refractivity contribution in [1.29, 1.82) is 0 Å². The number of rotatable bonds is 4. The van der Waals surface area contributed by atoms with Crippen LogP contribution in [-0.4, -0.2) is 30.2 Å². The SMILES string of the molecule is CNC(=O)c1ccc(NC2(CO)CC2)c(N)c1. The van der Waals surface area contributed by atoms with Crippen LogP contribution in [0.15, 0.2) is 18.2 Å². The van der Waals surface area contributed by atoms with E-state index in [1.807, 2.05) is 0 Å². The van der Waals surface area contributed by atoms with Crippen LogP contribution < -0.4 is 16.4 Å². The van der Waals surface area contributed by atoms with Gasteiger partial charge in [0.15, 0.2) is 0 Å². The van der Waals surface area contributed by atoms with Gasteiger partial charge in [-0.05, 0) is 31.0 Å². The minimum absolute atomic E-state index is 0.101. The largest absolute Gasteiger partial charge is 0.397 e. The maximum Gasteiger partial charge on any atom is 0.251 e. The van der Waals surface area contributed by atoms with Crippen LogP contribution in [0.1, 0.15) is 23.2 Å². The summed E-state index contributed by atoms with van der Waals surface area (Å²) < 4.78 is 0. The highest BCUT2D eigenvalue weighted by atomic mass is 16.3. The van der Waals surface area contributed by atoms with Crippen LogP contribution in [0.5, 0.6) is 0 Å². The predicted molar refractivity (Wildman–Crippen MR) is 66.9 cm³/mol. The fourth-order valence-electron chi connectivity index (χ4n) is 1.72. The molecule has 1 aliphatic rings. The second kappa shape index (κ2) is 4.25. The number of nitrogens with two attached hydrogens (primary N) is 1. The molecule has 2 rings (SSSR count). The van der Waals surface area contributed by atoms with Crippen LogP contribution in [0.25, 0.3) is 0 Å². The first kappa shape index (κ1) is 11.7. The first-order chi connectivity index (χ1) is 8.10. The predicted octanol–water partition coefficient (Wildman–Crippen LogP) is 0.565. The van der Waals surface area contributed by atoms with Crippen molar-refractivity contribution in [3.63, 3.8) is 0 Å². The van der Waals surface area contributed by atoms with E-state index < -0.39 is 0 Å². The summed E-state index contributed by atoms with van der Waals surface area (Å²) >= 11 is 0. The van der Waals surface area contributed by atoms with Gasteiger partial charge < -0.3 is 21.5 Å². The Morgan fingerprint density at radius 3 is 2.71 bits per heavy atom. The molecule has 1 aromatic rings. The van der Waals surface area contributed by atoms with Gasteiger partial charge in [-0.1, -0.05) is 0 Å². The molecule has 5 heteroatoms. The highest BCUT2D eigenvalue weighted by Crippen LogP contribution is 2.39. The minimum atomic E-state index is -0.206. The van der Waals surface area contributed by atoms with Gasteiger partial charge in [0, 0.05) is 12.6 Å². The summed E-state index contributed by atoms with van der Waals surface area (Å²) in [6, 6.07) is 5.12. The molecule has 0 aromatic heterocycles. The van der Waals surface area contributed by atoms with Crippen molar-refractivity contribution in [3.8, 4) is 0 Å². The molecule has 1 saturated carbocycles. The highest BCUT2D eigenvalue weighted by molar-refractivity contribution is 5.96. The Kier molecular flexibility index (Phi) is 2.93. The van der Waals surface area contributed by atoms with Gasteiger partial charge in [0.25, 0.3) is 5.91 Å². The normalized spacial score (nSPS) is 16.4. The van der Waals surface area contributed by atoms with Gasteiger partial charge in [-0.2, -0.15) is 0 Å². The van der Waals surface area contributed by atoms with Crippen LogP contribution >= 0.6 is 0 Å². The van der Waals surface area contributed by atoms with E-state index in [9.17, 15) is 9.90 Å². The monoisotopic (exact) mass is 235 g/mol. The van der Waals surface area contributed by atoms with Gasteiger partial charge in [-0.15, -0.1) is 0 Å². The lowest BCUT2D eigenvalue weighted by Gasteiger charge is -2.17. The van der Waals surface area contributed by atoms with Crippen molar-refractivity contribution in [1.82, 2.24) is 5.32 Å². The fraction of sp³-hybridized carbons (Fsp3) is 0.417. The number of benzene rings is 1. The number of carbonyl (C=O) groups excluding carboxylic acids is 1. The van der Waals surface area contributed by atoms with E-state index in [4.69, 9.17) is 5.73 Å². The number of carbonyl (C=O) groups is 1. The summed E-state index contributed by atoms with van der Waals surface area (Å²) in [5.74, 6) is -0.161. The van der Waals surface area contributed by atoms with Crippen LogP contribution in [0, 0.1) is 0 Å². The molecule has 0 bridgehead atoms. The number of anilines is 2. The van der Waals surface area contributed by atoms with Crippen LogP contribution in [0.2, 0.25) is 0 Å². The Hall–Kier alpha value is -1.75. The van der Waals surface area contributed by atoms with Gasteiger partial charge >= 0.3 is 0 Å². The number of hydrogen-bond acceptors (Lipinski definition) is 4. The summed E-state index contributed by atoms with van der Waals surface area (Å²) in [4.78, 5) is 11.4. The van der Waals surface area contributed by atoms with E-state index in [2.05, 4.69) is 10.6 Å². The van der Waals surface area contributed by atoms with E-state index in [1.54, 1.807) is 25.2 Å². The first-order valence-corrected chi connectivity index (χ1v) is 5.61. The quantitative estimate of drug-likeness (QED) is 0.574. The zero-order valence-electron chi connectivity index (χ0n) is 9.79. The second-order valence-electron chi connectivity index (χ2n) is 4.44. The molecular formula is C12H17N3O2. The molecule has 0 aliphatic heterocycles. The van der Waals surface area contributed by atoms with Crippen LogP contribution in [0.4, 0.5) is 11.4 Å². The Morgan fingerprint density at radius 1 is 1.53 bits per heavy atom. The number of aliphatic hydroxyl groups excluding tert-OH is 1. The molecule has 1 aliphatic carbocycles. The van der Waals surface area contributed by atoms with Crippen molar-refractivity contribution in [2.75, 3.05) is 24.7 Å². The van der Waals surface area contributed by atoms with Crippen molar-refractivity contribution in [2.24, 2.45) is 0 Å². The molecule has 17 heavy (non-hydrogen) atoms. The maximum absolute atomic E-state index is 11.4. The third kappa shape index (κ3) is 2.34. The van der Waals surface area contributed by atoms with Crippen molar-refractivity contribution in [2.45, 2.75) is 18.4 Å². The summed E-state index contributed by atoms with van der Waals surface area (Å²) in [5, 5.41) is 15.0. The van der Waals surface area contributed by atoms with Gasteiger partial charge in [0.05, 0.1) is 23.5 Å². The standard InChI is InChI=1S/C12H17N3O2/c1-14-11(17)8-2-3-10(9(13)6-8)15-12(7-16)4-5-12/h2-3,6,15-16H,4-5,7,13H2,1H3,(H,14,17). The van der Waals surface area contributed by atoms with Gasteiger partial charge in [-0.3, -0.25) is 4.79 Å². The molecule has 92 valence electrons. The lowest BCUT2D eigenvalue weighted by molar-refractivity contribution is 0.0963. The molecule has 1 amide bonds. The number of amides is 1. The van der Waals surface area contributed by atoms with E-state index >= 15 is 0 Å². The number of nitrogens with one attached hydrogen (secondary N) is 2. The molecule has 5 N–H and O–H groups in total. The van der Waals surface area contributed by atoms with E-state index in [1.165, 1.54) is 0 Å². The lowest BCUT2D eigenvalue weighted by Crippen LogP contribution is -2.26. The third-order valence-corrected chi connectivity index (χ3v) is 3.10. The molecule has 0 saturated heterocycles. The number of nitrogen functional groups attached to an aromatic ring is 1. The number of aliphatic hydroxyl groups is 1. The second-order valence-corrected chi connectivity index (χ2v) is 4.44. The highest BCUT2D eigenvalue weighted by Gasteiger charge is 2.42. The maximum atomic E-state index is 11.4. The zero-order valence-corrected chi connectivity index (χ0v) is 9.79. The number of hydrogen-bond donors (Lipinski definition) is 4. The first-order valence-electron chi connectivity index (χ1n) is 5.61. The Bertz CT molecular complexity index is 441. The molecule has 5 nitrogen and oxygen atoms in total. The molecule has 0 radical (unpaired) electrons. The molecule has 0 unspecified atom stereocenters.